The van der Waals surface area contributed by atoms with Gasteiger partial charge in [0.05, 0.1) is 0 Å². The molecule has 292 valence electrons. The molecule has 0 aliphatic rings. The molecule has 1 N–H and O–H groups in total. The third-order valence-corrected chi connectivity index (χ3v) is 9.88. The Kier molecular flexibility index (Phi) is 12.4. The minimum Gasteiger partial charge on any atom is -0.508 e. The maximum absolute atomic E-state index is 15.3. The molecule has 0 unspecified atom stereocenters. The Hall–Kier alpha value is -5.52. The first-order valence-corrected chi connectivity index (χ1v) is 17.0. The molecule has 6 rings (SSSR count). The van der Waals surface area contributed by atoms with Crippen LogP contribution in [-0.2, 0) is 23.3 Å². The van der Waals surface area contributed by atoms with E-state index in [0.717, 1.165) is 29.7 Å². The van der Waals surface area contributed by atoms with Crippen molar-refractivity contribution < 1.29 is 71.0 Å². The van der Waals surface area contributed by atoms with E-state index in [1.807, 2.05) is 18.2 Å². The third-order valence-electron chi connectivity index (χ3n) is 8.70. The van der Waals surface area contributed by atoms with E-state index < -0.39 is 115 Å². The van der Waals surface area contributed by atoms with Gasteiger partial charge in [-0.15, -0.1) is 16.4 Å². The fourth-order valence-corrected chi connectivity index (χ4v) is 7.23. The van der Waals surface area contributed by atoms with Gasteiger partial charge in [-0.2, -0.15) is 5.46 Å². The summed E-state index contributed by atoms with van der Waals surface area (Å²) in [6.45, 7) is 0. The number of hydrogen-bond donors (Lipinski definition) is 1. The Bertz CT molecular complexity index is 2160. The molecular formula is C38H20BF15OS. The summed E-state index contributed by atoms with van der Waals surface area (Å²) in [6.07, 6.45) is -5.72. The van der Waals surface area contributed by atoms with Crippen LogP contribution in [0.2, 0.25) is 0 Å². The lowest BCUT2D eigenvalue weighted by Crippen LogP contribution is -2.79. The molecular weight excluding hydrogens is 800 g/mol. The Labute approximate surface area is 311 Å². The lowest BCUT2D eigenvalue weighted by molar-refractivity contribution is 0.380. The zero-order valence-corrected chi connectivity index (χ0v) is 28.5. The van der Waals surface area contributed by atoms with Gasteiger partial charge in [0.2, 0.25) is 0 Å². The van der Waals surface area contributed by atoms with Gasteiger partial charge in [-0.05, 0) is 23.9 Å². The molecule has 1 nitrogen and oxygen atoms in total. The van der Waals surface area contributed by atoms with Gasteiger partial charge in [0.15, 0.2) is 52.4 Å². The Balaban J connectivity index is 0.000000311. The average molecular weight is 820 g/mol. The maximum atomic E-state index is 15.3. The number of halogens is 15. The third kappa shape index (κ3) is 7.29. The van der Waals surface area contributed by atoms with Gasteiger partial charge in [0.1, 0.15) is 58.3 Å². The molecule has 0 aromatic heterocycles. The summed E-state index contributed by atoms with van der Waals surface area (Å²) < 4.78 is 220. The Morgan fingerprint density at radius 1 is 0.339 bits per heavy atom. The van der Waals surface area contributed by atoms with Crippen molar-refractivity contribution in [1.29, 1.82) is 0 Å². The van der Waals surface area contributed by atoms with Gasteiger partial charge in [0.25, 0.3) is 0 Å². The molecule has 0 radical (unpaired) electrons. The first-order valence-electron chi connectivity index (χ1n) is 15.7. The molecule has 0 saturated heterocycles. The minimum absolute atomic E-state index is 0.337. The molecule has 0 spiro atoms. The molecule has 0 saturated carbocycles. The van der Waals surface area contributed by atoms with E-state index in [-0.39, 0.29) is 0 Å². The molecule has 0 atom stereocenters. The van der Waals surface area contributed by atoms with E-state index in [1.54, 1.807) is 12.1 Å². The normalized spacial score (nSPS) is 11.4. The predicted molar refractivity (Wildman–Crippen MR) is 180 cm³/mol. The smallest absolute Gasteiger partial charge is 0.200 e. The highest BCUT2D eigenvalue weighted by atomic mass is 32.2. The number of phenolic OH excluding ortho intramolecular Hbond substituents is 1. The Morgan fingerprint density at radius 2 is 0.607 bits per heavy atom. The number of aromatic hydroxyl groups is 1. The number of rotatable bonds is 8. The predicted octanol–water partition coefficient (Wildman–Crippen LogP) is 8.06. The zero-order valence-electron chi connectivity index (χ0n) is 27.6. The van der Waals surface area contributed by atoms with Gasteiger partial charge in [-0.3, -0.25) is 0 Å². The van der Waals surface area contributed by atoms with Crippen molar-refractivity contribution in [1.82, 2.24) is 0 Å². The van der Waals surface area contributed by atoms with Gasteiger partial charge in [-0.1, -0.05) is 72.8 Å². The van der Waals surface area contributed by atoms with E-state index in [4.69, 9.17) is 5.11 Å². The number of hydrogen-bond acceptors (Lipinski definition) is 1. The molecule has 0 bridgehead atoms. The standard InChI is InChI=1S/C24H5BF15.C14H14OS/c26-10-7(11(27)17(33)22(38)16(10)32)25(6-4-2-1-3-5-6,8-12(28)18(34)23(39)19(35)13(8)29)9-14(30)20(36)24(40)21(37)15(9)31;15-14-8-6-13(7-9-14)11-16-10-12-4-2-1-3-5-12/h1-5H;1-9,15H,10-11H2/q-1;/p+1. The van der Waals surface area contributed by atoms with Crippen LogP contribution in [0.25, 0.3) is 0 Å². The summed E-state index contributed by atoms with van der Waals surface area (Å²) >= 11 is 1.39. The highest BCUT2D eigenvalue weighted by Gasteiger charge is 2.48. The van der Waals surface area contributed by atoms with Crippen LogP contribution in [-0.4, -0.2) is 11.3 Å². The van der Waals surface area contributed by atoms with Gasteiger partial charge in [0, 0.05) is 11.1 Å². The van der Waals surface area contributed by atoms with Gasteiger partial charge in [-0.25, -0.2) is 65.9 Å². The van der Waals surface area contributed by atoms with Gasteiger partial charge < -0.3 is 5.11 Å². The van der Waals surface area contributed by atoms with Crippen LogP contribution in [0.5, 0.6) is 5.75 Å². The summed E-state index contributed by atoms with van der Waals surface area (Å²) in [6, 6.07) is 21.2. The van der Waals surface area contributed by atoms with Crippen molar-refractivity contribution in [2.45, 2.75) is 11.5 Å². The Morgan fingerprint density at radius 3 is 0.929 bits per heavy atom. The van der Waals surface area contributed by atoms with Crippen molar-refractivity contribution in [2.75, 3.05) is 0 Å². The molecule has 6 aromatic carbocycles. The number of thiol groups is 1. The lowest BCUT2D eigenvalue weighted by atomic mass is 9.12. The van der Waals surface area contributed by atoms with Crippen LogP contribution in [0.4, 0.5) is 65.9 Å². The van der Waals surface area contributed by atoms with Crippen molar-refractivity contribution in [2.24, 2.45) is 0 Å². The van der Waals surface area contributed by atoms with E-state index >= 15 is 26.3 Å². The van der Waals surface area contributed by atoms with E-state index in [0.29, 0.717) is 17.9 Å². The lowest BCUT2D eigenvalue weighted by Gasteiger charge is -2.44. The second kappa shape index (κ2) is 16.7. The molecule has 0 heterocycles. The topological polar surface area (TPSA) is 20.2 Å². The number of phenols is 1. The van der Waals surface area contributed by atoms with Crippen molar-refractivity contribution in [3.05, 3.63) is 183 Å². The summed E-state index contributed by atoms with van der Waals surface area (Å²) in [7, 11) is 0. The zero-order chi connectivity index (χ0) is 41.2. The molecule has 6 aromatic rings. The highest BCUT2D eigenvalue weighted by molar-refractivity contribution is 7.76. The van der Waals surface area contributed by atoms with E-state index in [1.165, 1.54) is 22.9 Å². The van der Waals surface area contributed by atoms with Crippen LogP contribution >= 0.6 is 0 Å². The summed E-state index contributed by atoms with van der Waals surface area (Å²) in [5.74, 6) is -43.0. The summed E-state index contributed by atoms with van der Waals surface area (Å²) in [4.78, 5) is 0. The SMILES string of the molecule is Fc1c(F)c(F)c([B-](c2ccccc2)(c2c(F)c(F)c(F)c(F)c2F)c2c(F)c(F)c(F)c(F)c2F)c(F)c1F.Oc1ccc(C[SH+]Cc2ccccc2)cc1. The summed E-state index contributed by atoms with van der Waals surface area (Å²) in [5, 5.41) is 9.16. The average Bonchev–Trinajstić information content (AvgIpc) is 3.20. The minimum atomic E-state index is -5.72. The first-order chi connectivity index (χ1) is 26.5. The fraction of sp³-hybridized carbons (Fsp3) is 0.0526. The quantitative estimate of drug-likeness (QED) is 0.0412. The molecule has 18 heteroatoms. The van der Waals surface area contributed by atoms with Gasteiger partial charge >= 0.3 is 0 Å². The van der Waals surface area contributed by atoms with Crippen LogP contribution in [0.15, 0.2) is 84.9 Å². The van der Waals surface area contributed by atoms with Crippen molar-refractivity contribution >= 4 is 39.8 Å². The summed E-state index contributed by atoms with van der Waals surface area (Å²) in [5.41, 5.74) is -6.76. The monoisotopic (exact) mass is 820 g/mol. The van der Waals surface area contributed by atoms with E-state index in [9.17, 15) is 39.5 Å². The largest absolute Gasteiger partial charge is 0.508 e. The molecule has 0 fully saturated rings. The highest BCUT2D eigenvalue weighted by Crippen LogP contribution is 2.28. The van der Waals surface area contributed by atoms with Crippen LogP contribution in [0.3, 0.4) is 0 Å². The van der Waals surface area contributed by atoms with Crippen molar-refractivity contribution in [3.63, 3.8) is 0 Å². The van der Waals surface area contributed by atoms with E-state index in [2.05, 4.69) is 24.3 Å². The van der Waals surface area contributed by atoms with Crippen LogP contribution < -0.4 is 21.9 Å². The fourth-order valence-electron chi connectivity index (χ4n) is 6.18. The number of benzene rings is 6. The maximum Gasteiger partial charge on any atom is 0.200 e. The second-order valence-electron chi connectivity index (χ2n) is 11.9. The molecule has 56 heavy (non-hydrogen) atoms. The second-order valence-corrected chi connectivity index (χ2v) is 13.0. The van der Waals surface area contributed by atoms with Crippen LogP contribution in [0, 0.1) is 87.3 Å². The molecule has 0 aliphatic carbocycles. The van der Waals surface area contributed by atoms with Crippen molar-refractivity contribution in [3.8, 4) is 5.75 Å². The molecule has 0 amide bonds. The first kappa shape index (κ1) is 41.6. The molecule has 0 aliphatic heterocycles. The van der Waals surface area contributed by atoms with Crippen LogP contribution in [0.1, 0.15) is 11.1 Å².